The highest BCUT2D eigenvalue weighted by molar-refractivity contribution is 6.07. The minimum absolute atomic E-state index is 0.00244. The molecule has 1 fully saturated rings. The maximum Gasteiger partial charge on any atom is 0.256 e. The van der Waals surface area contributed by atoms with Gasteiger partial charge in [-0.25, -0.2) is 0 Å². The van der Waals surface area contributed by atoms with E-state index in [2.05, 4.69) is 4.98 Å². The zero-order chi connectivity index (χ0) is 14.1. The van der Waals surface area contributed by atoms with E-state index in [1.165, 1.54) is 0 Å². The number of anilines is 1. The van der Waals surface area contributed by atoms with Crippen LogP contribution in [0.5, 0.6) is 0 Å². The van der Waals surface area contributed by atoms with E-state index in [0.717, 1.165) is 30.2 Å². The predicted molar refractivity (Wildman–Crippen MR) is 78.5 cm³/mol. The Kier molecular flexibility index (Phi) is 3.36. The molecule has 20 heavy (non-hydrogen) atoms. The molecule has 106 valence electrons. The van der Waals surface area contributed by atoms with Crippen molar-refractivity contribution in [1.29, 1.82) is 0 Å². The summed E-state index contributed by atoms with van der Waals surface area (Å²) in [5.74, 6) is -0.0141. The van der Waals surface area contributed by atoms with Crippen molar-refractivity contribution in [1.82, 2.24) is 9.88 Å². The van der Waals surface area contributed by atoms with E-state index in [4.69, 9.17) is 5.73 Å². The zero-order valence-corrected chi connectivity index (χ0v) is 11.3. The van der Waals surface area contributed by atoms with Crippen molar-refractivity contribution >= 4 is 22.5 Å². The highest BCUT2D eigenvalue weighted by Crippen LogP contribution is 2.28. The zero-order valence-electron chi connectivity index (χ0n) is 11.3. The van der Waals surface area contributed by atoms with E-state index in [9.17, 15) is 9.90 Å². The van der Waals surface area contributed by atoms with Gasteiger partial charge < -0.3 is 20.7 Å². The van der Waals surface area contributed by atoms with Crippen LogP contribution in [0.15, 0.2) is 24.4 Å². The molecule has 1 aromatic carbocycles. The monoisotopic (exact) mass is 273 g/mol. The molecule has 1 saturated carbocycles. The number of hydrogen-bond donors (Lipinski definition) is 3. The minimum Gasteiger partial charge on any atom is -0.399 e. The summed E-state index contributed by atoms with van der Waals surface area (Å²) in [7, 11) is 0. The summed E-state index contributed by atoms with van der Waals surface area (Å²) in [6, 6.07) is 5.76. The van der Waals surface area contributed by atoms with Gasteiger partial charge in [0.15, 0.2) is 0 Å². The summed E-state index contributed by atoms with van der Waals surface area (Å²) >= 11 is 0. The first kappa shape index (κ1) is 13.0. The molecule has 0 unspecified atom stereocenters. The number of fused-ring (bicyclic) bond motifs is 1. The number of aromatic amines is 1. The number of nitrogen functional groups attached to an aromatic ring is 1. The molecule has 0 radical (unpaired) electrons. The Hall–Kier alpha value is -2.01. The van der Waals surface area contributed by atoms with Gasteiger partial charge in [-0.15, -0.1) is 0 Å². The van der Waals surface area contributed by atoms with Gasteiger partial charge in [-0.2, -0.15) is 0 Å². The summed E-state index contributed by atoms with van der Waals surface area (Å²) < 4.78 is 0. The Morgan fingerprint density at radius 3 is 2.90 bits per heavy atom. The van der Waals surface area contributed by atoms with Crippen molar-refractivity contribution < 1.29 is 9.90 Å². The van der Waals surface area contributed by atoms with E-state index in [-0.39, 0.29) is 18.6 Å². The topological polar surface area (TPSA) is 82.3 Å². The minimum atomic E-state index is -0.0141. The lowest BCUT2D eigenvalue weighted by atomic mass is 9.91. The molecule has 0 aliphatic heterocycles. The van der Waals surface area contributed by atoms with E-state index in [0.29, 0.717) is 17.8 Å². The average molecular weight is 273 g/mol. The molecule has 0 saturated heterocycles. The van der Waals surface area contributed by atoms with Gasteiger partial charge in [0.05, 0.1) is 12.2 Å². The van der Waals surface area contributed by atoms with Crippen molar-refractivity contribution in [2.45, 2.75) is 25.3 Å². The van der Waals surface area contributed by atoms with Gasteiger partial charge in [-0.05, 0) is 37.5 Å². The fourth-order valence-corrected chi connectivity index (χ4v) is 2.73. The summed E-state index contributed by atoms with van der Waals surface area (Å²) in [5.41, 5.74) is 7.94. The SMILES string of the molecule is Nc1ccc2c(C(=O)N(CCO)C3CCC3)c[nH]c2c1. The molecule has 0 atom stereocenters. The molecule has 3 rings (SSSR count). The molecule has 1 aromatic heterocycles. The Labute approximate surface area is 117 Å². The molecule has 4 N–H and O–H groups in total. The lowest BCUT2D eigenvalue weighted by molar-refractivity contribution is 0.0528. The van der Waals surface area contributed by atoms with Crippen LogP contribution in [0.4, 0.5) is 5.69 Å². The maximum absolute atomic E-state index is 12.7. The standard InChI is InChI=1S/C15H19N3O2/c16-10-4-5-12-13(9-17-14(12)8-10)15(20)18(6-7-19)11-2-1-3-11/h4-5,8-9,11,17,19H,1-3,6-7,16H2. The van der Waals surface area contributed by atoms with Gasteiger partial charge >= 0.3 is 0 Å². The van der Waals surface area contributed by atoms with Crippen LogP contribution < -0.4 is 5.73 Å². The predicted octanol–water partition coefficient (Wildman–Crippen LogP) is 1.74. The van der Waals surface area contributed by atoms with Crippen LogP contribution in [0.1, 0.15) is 29.6 Å². The summed E-state index contributed by atoms with van der Waals surface area (Å²) in [4.78, 5) is 17.6. The Balaban J connectivity index is 1.94. The lowest BCUT2D eigenvalue weighted by Crippen LogP contribution is -2.45. The second-order valence-corrected chi connectivity index (χ2v) is 5.31. The quantitative estimate of drug-likeness (QED) is 0.742. The average Bonchev–Trinajstić information content (AvgIpc) is 2.78. The second-order valence-electron chi connectivity index (χ2n) is 5.31. The molecule has 5 nitrogen and oxygen atoms in total. The first-order valence-electron chi connectivity index (χ1n) is 6.99. The highest BCUT2D eigenvalue weighted by Gasteiger charge is 2.30. The number of nitrogens with zero attached hydrogens (tertiary/aromatic N) is 1. The van der Waals surface area contributed by atoms with Crippen LogP contribution in [-0.2, 0) is 0 Å². The van der Waals surface area contributed by atoms with Crippen molar-refractivity contribution in [2.75, 3.05) is 18.9 Å². The largest absolute Gasteiger partial charge is 0.399 e. The molecule has 1 heterocycles. The number of amides is 1. The molecular formula is C15H19N3O2. The Morgan fingerprint density at radius 1 is 1.45 bits per heavy atom. The van der Waals surface area contributed by atoms with Gasteiger partial charge in [0.25, 0.3) is 5.91 Å². The molecule has 0 spiro atoms. The van der Waals surface area contributed by atoms with Gasteiger partial charge in [-0.3, -0.25) is 4.79 Å². The van der Waals surface area contributed by atoms with E-state index >= 15 is 0 Å². The van der Waals surface area contributed by atoms with Gasteiger partial charge in [0.1, 0.15) is 0 Å². The van der Waals surface area contributed by atoms with E-state index in [1.807, 2.05) is 12.1 Å². The fraction of sp³-hybridized carbons (Fsp3) is 0.400. The number of carbonyl (C=O) groups is 1. The lowest BCUT2D eigenvalue weighted by Gasteiger charge is -2.37. The van der Waals surface area contributed by atoms with Crippen molar-refractivity contribution in [2.24, 2.45) is 0 Å². The van der Waals surface area contributed by atoms with Gasteiger partial charge in [0, 0.05) is 35.4 Å². The molecule has 5 heteroatoms. The van der Waals surface area contributed by atoms with Crippen LogP contribution in [0.2, 0.25) is 0 Å². The normalized spacial score (nSPS) is 15.2. The molecule has 1 aliphatic carbocycles. The summed E-state index contributed by atoms with van der Waals surface area (Å²) in [5, 5.41) is 10.1. The Morgan fingerprint density at radius 2 is 2.25 bits per heavy atom. The van der Waals surface area contributed by atoms with Crippen LogP contribution in [0.3, 0.4) is 0 Å². The number of aliphatic hydroxyl groups is 1. The molecule has 1 aliphatic rings. The molecular weight excluding hydrogens is 254 g/mol. The smallest absolute Gasteiger partial charge is 0.256 e. The number of aliphatic hydroxyl groups excluding tert-OH is 1. The number of aromatic nitrogens is 1. The first-order chi connectivity index (χ1) is 9.70. The number of nitrogens with two attached hydrogens (primary N) is 1. The number of rotatable bonds is 4. The fourth-order valence-electron chi connectivity index (χ4n) is 2.73. The number of nitrogens with one attached hydrogen (secondary N) is 1. The maximum atomic E-state index is 12.7. The number of hydrogen-bond acceptors (Lipinski definition) is 3. The van der Waals surface area contributed by atoms with Gasteiger partial charge in [0.2, 0.25) is 0 Å². The van der Waals surface area contributed by atoms with Crippen molar-refractivity contribution in [3.8, 4) is 0 Å². The van der Waals surface area contributed by atoms with Crippen molar-refractivity contribution in [3.05, 3.63) is 30.0 Å². The van der Waals surface area contributed by atoms with E-state index < -0.39 is 0 Å². The van der Waals surface area contributed by atoms with E-state index in [1.54, 1.807) is 17.2 Å². The molecule has 2 aromatic rings. The number of benzene rings is 1. The van der Waals surface area contributed by atoms with Crippen molar-refractivity contribution in [3.63, 3.8) is 0 Å². The number of carbonyl (C=O) groups excluding carboxylic acids is 1. The van der Waals surface area contributed by atoms with Crippen LogP contribution in [-0.4, -0.2) is 40.1 Å². The van der Waals surface area contributed by atoms with Crippen LogP contribution in [0, 0.1) is 0 Å². The van der Waals surface area contributed by atoms with Gasteiger partial charge in [-0.1, -0.05) is 0 Å². The first-order valence-corrected chi connectivity index (χ1v) is 6.99. The molecule has 0 bridgehead atoms. The van der Waals surface area contributed by atoms with Crippen LogP contribution in [0.25, 0.3) is 10.9 Å². The third-order valence-corrected chi connectivity index (χ3v) is 4.05. The Bertz CT molecular complexity index is 631. The molecule has 1 amide bonds. The third kappa shape index (κ3) is 2.14. The third-order valence-electron chi connectivity index (χ3n) is 4.05. The number of H-pyrrole nitrogens is 1. The second kappa shape index (κ2) is 5.17. The summed E-state index contributed by atoms with van der Waals surface area (Å²) in [6.07, 6.45) is 4.95. The highest BCUT2D eigenvalue weighted by atomic mass is 16.3. The van der Waals surface area contributed by atoms with Crippen LogP contribution >= 0.6 is 0 Å². The summed E-state index contributed by atoms with van der Waals surface area (Å²) in [6.45, 7) is 0.392.